The molecule has 160 valence electrons. The molecule has 1 saturated carbocycles. The molecule has 5 N–H and O–H groups in total. The van der Waals surface area contributed by atoms with Crippen LogP contribution in [0, 0.1) is 0 Å². The van der Waals surface area contributed by atoms with Gasteiger partial charge in [0.1, 0.15) is 11.6 Å². The number of hydrogen-bond acceptors (Lipinski definition) is 6. The molecular formula is C22H21N3O6. The van der Waals surface area contributed by atoms with E-state index in [1.54, 1.807) is 48.5 Å². The Morgan fingerprint density at radius 3 is 2.03 bits per heavy atom. The number of hydrogen-bond donors (Lipinski definition) is 4. The van der Waals surface area contributed by atoms with Gasteiger partial charge in [0.25, 0.3) is 11.8 Å². The Balaban J connectivity index is 1.47. The van der Waals surface area contributed by atoms with Crippen LogP contribution in [0.25, 0.3) is 11.1 Å². The molecule has 31 heavy (non-hydrogen) atoms. The van der Waals surface area contributed by atoms with Crippen molar-refractivity contribution in [3.05, 3.63) is 59.7 Å². The molecule has 1 aliphatic carbocycles. The molecule has 2 aliphatic rings. The standard InChI is InChI=1S/C22H21N3O6/c1-21(19(29)24-20(30)25-21)16(26)14-6-2-12(3-7-14)13-4-8-15(9-5-13)17(27)31-22(10-11-22)18(23)28/h2-9,16,26H,10-11H2,1H3,(H2,23,28)(H2,24,25,29,30). The number of carbonyl (C=O) groups excluding carboxylic acids is 4. The molecule has 1 aliphatic heterocycles. The maximum atomic E-state index is 12.3. The van der Waals surface area contributed by atoms with Gasteiger partial charge in [0.2, 0.25) is 0 Å². The second-order valence-corrected chi connectivity index (χ2v) is 7.96. The number of primary amides is 1. The zero-order valence-electron chi connectivity index (χ0n) is 16.7. The first-order valence-corrected chi connectivity index (χ1v) is 9.70. The van der Waals surface area contributed by atoms with E-state index >= 15 is 0 Å². The van der Waals surface area contributed by atoms with E-state index < -0.39 is 41.1 Å². The fourth-order valence-corrected chi connectivity index (χ4v) is 3.49. The molecule has 2 unspecified atom stereocenters. The molecule has 1 heterocycles. The zero-order valence-corrected chi connectivity index (χ0v) is 16.7. The molecule has 2 atom stereocenters. The minimum atomic E-state index is -1.45. The molecule has 0 radical (unpaired) electrons. The Kier molecular flexibility index (Phi) is 4.78. The van der Waals surface area contributed by atoms with Gasteiger partial charge in [-0.25, -0.2) is 9.59 Å². The molecule has 0 aromatic heterocycles. The van der Waals surface area contributed by atoms with Crippen molar-refractivity contribution < 1.29 is 29.0 Å². The van der Waals surface area contributed by atoms with Crippen molar-refractivity contribution in [1.82, 2.24) is 10.6 Å². The number of urea groups is 1. The lowest BCUT2D eigenvalue weighted by Gasteiger charge is -2.27. The van der Waals surface area contributed by atoms with Gasteiger partial charge in [-0.05, 0) is 35.7 Å². The van der Waals surface area contributed by atoms with Crippen LogP contribution in [-0.4, -0.2) is 40.1 Å². The van der Waals surface area contributed by atoms with E-state index in [4.69, 9.17) is 10.5 Å². The first kappa shape index (κ1) is 20.5. The highest BCUT2D eigenvalue weighted by Crippen LogP contribution is 2.40. The SMILES string of the molecule is CC1(C(O)c2ccc(-c3ccc(C(=O)OC4(C(N)=O)CC4)cc3)cc2)NC(=O)NC1=O. The summed E-state index contributed by atoms with van der Waals surface area (Å²) in [4.78, 5) is 47.1. The van der Waals surface area contributed by atoms with Crippen molar-refractivity contribution in [1.29, 1.82) is 0 Å². The molecule has 4 amide bonds. The van der Waals surface area contributed by atoms with Crippen LogP contribution < -0.4 is 16.4 Å². The number of benzene rings is 2. The highest BCUT2D eigenvalue weighted by atomic mass is 16.6. The fourth-order valence-electron chi connectivity index (χ4n) is 3.49. The summed E-state index contributed by atoms with van der Waals surface area (Å²) in [5.74, 6) is -1.84. The van der Waals surface area contributed by atoms with Crippen LogP contribution in [0.4, 0.5) is 4.79 Å². The Morgan fingerprint density at radius 1 is 1.03 bits per heavy atom. The van der Waals surface area contributed by atoms with Crippen LogP contribution >= 0.6 is 0 Å². The smallest absolute Gasteiger partial charge is 0.339 e. The van der Waals surface area contributed by atoms with Gasteiger partial charge in [-0.1, -0.05) is 36.4 Å². The largest absolute Gasteiger partial charge is 0.445 e. The van der Waals surface area contributed by atoms with Crippen LogP contribution in [0.5, 0.6) is 0 Å². The van der Waals surface area contributed by atoms with E-state index in [1.807, 2.05) is 0 Å². The number of esters is 1. The number of aliphatic hydroxyl groups excluding tert-OH is 1. The Morgan fingerprint density at radius 2 is 1.58 bits per heavy atom. The summed E-state index contributed by atoms with van der Waals surface area (Å²) in [7, 11) is 0. The van der Waals surface area contributed by atoms with Crippen LogP contribution in [0.2, 0.25) is 0 Å². The number of carbonyl (C=O) groups is 4. The summed E-state index contributed by atoms with van der Waals surface area (Å²) in [6.45, 7) is 1.45. The van der Waals surface area contributed by atoms with E-state index in [9.17, 15) is 24.3 Å². The summed E-state index contributed by atoms with van der Waals surface area (Å²) in [6.07, 6.45) is -0.353. The topological polar surface area (TPSA) is 148 Å². The highest BCUT2D eigenvalue weighted by molar-refractivity contribution is 6.07. The molecule has 4 rings (SSSR count). The van der Waals surface area contributed by atoms with E-state index in [0.717, 1.165) is 11.1 Å². The second-order valence-electron chi connectivity index (χ2n) is 7.96. The van der Waals surface area contributed by atoms with Gasteiger partial charge in [0.05, 0.1) is 5.56 Å². The molecule has 9 nitrogen and oxygen atoms in total. The average Bonchev–Trinajstić information content (AvgIpc) is 3.48. The van der Waals surface area contributed by atoms with Gasteiger partial charge in [0.15, 0.2) is 5.60 Å². The normalized spacial score (nSPS) is 22.3. The van der Waals surface area contributed by atoms with Gasteiger partial charge in [-0.15, -0.1) is 0 Å². The van der Waals surface area contributed by atoms with Gasteiger partial charge >= 0.3 is 12.0 Å². The second kappa shape index (κ2) is 7.21. The number of nitrogens with one attached hydrogen (secondary N) is 2. The van der Waals surface area contributed by atoms with Crippen LogP contribution in [0.1, 0.15) is 41.8 Å². The molecule has 0 spiro atoms. The first-order valence-electron chi connectivity index (χ1n) is 9.70. The van der Waals surface area contributed by atoms with E-state index in [0.29, 0.717) is 24.0 Å². The molecule has 9 heteroatoms. The van der Waals surface area contributed by atoms with Crippen LogP contribution in [0.3, 0.4) is 0 Å². The predicted octanol–water partition coefficient (Wildman–Crippen LogP) is 1.16. The van der Waals surface area contributed by atoms with Crippen molar-refractivity contribution in [3.63, 3.8) is 0 Å². The minimum absolute atomic E-state index is 0.305. The fraction of sp³-hybridized carbons (Fsp3) is 0.273. The van der Waals surface area contributed by atoms with Crippen molar-refractivity contribution >= 4 is 23.8 Å². The maximum Gasteiger partial charge on any atom is 0.339 e. The summed E-state index contributed by atoms with van der Waals surface area (Å²) in [5.41, 5.74) is 5.05. The van der Waals surface area contributed by atoms with Gasteiger partial charge in [-0.3, -0.25) is 14.9 Å². The van der Waals surface area contributed by atoms with E-state index in [-0.39, 0.29) is 0 Å². The summed E-state index contributed by atoms with van der Waals surface area (Å²) >= 11 is 0. The number of ether oxygens (including phenoxy) is 1. The summed E-state index contributed by atoms with van der Waals surface area (Å²) in [6, 6.07) is 12.9. The molecule has 1 saturated heterocycles. The first-order chi connectivity index (χ1) is 14.6. The van der Waals surface area contributed by atoms with Crippen molar-refractivity contribution in [3.8, 4) is 11.1 Å². The molecule has 0 bridgehead atoms. The molecule has 2 aromatic carbocycles. The lowest BCUT2D eigenvalue weighted by atomic mass is 9.89. The lowest BCUT2D eigenvalue weighted by Crippen LogP contribution is -2.49. The van der Waals surface area contributed by atoms with Crippen molar-refractivity contribution in [2.24, 2.45) is 5.73 Å². The third-order valence-electron chi connectivity index (χ3n) is 5.74. The number of amides is 4. The van der Waals surface area contributed by atoms with Gasteiger partial charge in [-0.2, -0.15) is 0 Å². The predicted molar refractivity (Wildman–Crippen MR) is 108 cm³/mol. The van der Waals surface area contributed by atoms with Gasteiger partial charge < -0.3 is 20.9 Å². The third kappa shape index (κ3) is 3.64. The Hall–Kier alpha value is -3.72. The molecule has 2 fully saturated rings. The lowest BCUT2D eigenvalue weighted by molar-refractivity contribution is -0.129. The molecular weight excluding hydrogens is 402 g/mol. The maximum absolute atomic E-state index is 12.3. The summed E-state index contributed by atoms with van der Waals surface area (Å²) < 4.78 is 5.25. The summed E-state index contributed by atoms with van der Waals surface area (Å²) in [5, 5.41) is 15.2. The van der Waals surface area contributed by atoms with Crippen LogP contribution in [0.15, 0.2) is 48.5 Å². The van der Waals surface area contributed by atoms with E-state index in [2.05, 4.69) is 10.6 Å². The third-order valence-corrected chi connectivity index (χ3v) is 5.74. The number of nitrogens with two attached hydrogens (primary N) is 1. The highest BCUT2D eigenvalue weighted by Gasteiger charge is 2.53. The van der Waals surface area contributed by atoms with E-state index in [1.165, 1.54) is 6.92 Å². The van der Waals surface area contributed by atoms with Crippen LogP contribution in [-0.2, 0) is 14.3 Å². The van der Waals surface area contributed by atoms with Crippen molar-refractivity contribution in [2.45, 2.75) is 37.0 Å². The Labute approximate surface area is 177 Å². The quantitative estimate of drug-likeness (QED) is 0.405. The number of aliphatic hydroxyl groups is 1. The monoisotopic (exact) mass is 423 g/mol. The number of rotatable bonds is 6. The molecule has 2 aromatic rings. The Bertz CT molecular complexity index is 1080. The van der Waals surface area contributed by atoms with Crippen molar-refractivity contribution in [2.75, 3.05) is 0 Å². The number of imide groups is 1. The van der Waals surface area contributed by atoms with Gasteiger partial charge in [0, 0.05) is 12.8 Å². The minimum Gasteiger partial charge on any atom is -0.445 e. The zero-order chi connectivity index (χ0) is 22.4. The average molecular weight is 423 g/mol.